The Hall–Kier alpha value is -2.46. The zero-order valence-electron chi connectivity index (χ0n) is 26.4. The van der Waals surface area contributed by atoms with E-state index in [2.05, 4.69) is 19.2 Å². The monoisotopic (exact) mass is 597 g/mol. The van der Waals surface area contributed by atoms with Gasteiger partial charge in [-0.15, -0.1) is 0 Å². The molecule has 42 heavy (non-hydrogen) atoms. The van der Waals surface area contributed by atoms with E-state index in [9.17, 15) is 19.2 Å². The number of H-pyrrole nitrogens is 2. The number of unbranched alkanes of at least 4 members (excludes halogenated alkanes) is 14. The second-order valence-corrected chi connectivity index (χ2v) is 11.0. The van der Waals surface area contributed by atoms with Crippen molar-refractivity contribution in [1.29, 1.82) is 0 Å². The molecule has 0 aliphatic heterocycles. The van der Waals surface area contributed by atoms with Crippen LogP contribution in [0.5, 0.6) is 0 Å². The lowest BCUT2D eigenvalue weighted by Crippen LogP contribution is -2.24. The third kappa shape index (κ3) is 25.3. The number of carboxylic acids is 1. The average molecular weight is 598 g/mol. The van der Waals surface area contributed by atoms with Crippen molar-refractivity contribution in [2.24, 2.45) is 0 Å². The molecule has 0 saturated heterocycles. The average Bonchev–Trinajstić information content (AvgIpc) is 2.95. The van der Waals surface area contributed by atoms with E-state index in [-0.39, 0.29) is 18.7 Å². The summed E-state index contributed by atoms with van der Waals surface area (Å²) in [6, 6.07) is 0.795. The van der Waals surface area contributed by atoms with Crippen LogP contribution in [-0.4, -0.2) is 57.9 Å². The minimum atomic E-state index is -1.34. The topological polar surface area (TPSA) is 162 Å². The second kappa shape index (κ2) is 28.6. The van der Waals surface area contributed by atoms with Gasteiger partial charge in [-0.1, -0.05) is 97.3 Å². The van der Waals surface area contributed by atoms with Gasteiger partial charge in [-0.3, -0.25) is 14.6 Å². The summed E-state index contributed by atoms with van der Waals surface area (Å²) < 4.78 is 5.91. The van der Waals surface area contributed by atoms with Crippen LogP contribution in [0.1, 0.15) is 153 Å². The molecule has 0 fully saturated rings. The van der Waals surface area contributed by atoms with Gasteiger partial charge in [0.05, 0.1) is 6.61 Å². The maximum atomic E-state index is 12.4. The molecule has 244 valence electrons. The molecule has 0 aromatic carbocycles. The van der Waals surface area contributed by atoms with Crippen molar-refractivity contribution in [1.82, 2.24) is 15.3 Å². The molecule has 0 aliphatic carbocycles. The number of esters is 1. The number of aliphatic hydroxyl groups excluding tert-OH is 1. The van der Waals surface area contributed by atoms with Crippen LogP contribution in [0.25, 0.3) is 0 Å². The van der Waals surface area contributed by atoms with Crippen molar-refractivity contribution in [2.75, 3.05) is 19.7 Å². The number of nitrogens with one attached hydrogen (secondary N) is 3. The summed E-state index contributed by atoms with van der Waals surface area (Å²) >= 11 is 0. The summed E-state index contributed by atoms with van der Waals surface area (Å²) in [5.41, 5.74) is -1.97. The number of hydrogen-bond acceptors (Lipinski definition) is 7. The van der Waals surface area contributed by atoms with Crippen LogP contribution >= 0.6 is 0 Å². The molecule has 10 nitrogen and oxygen atoms in total. The molecule has 0 saturated carbocycles. The van der Waals surface area contributed by atoms with E-state index in [0.29, 0.717) is 13.0 Å². The van der Waals surface area contributed by atoms with Crippen molar-refractivity contribution < 1.29 is 24.5 Å². The lowest BCUT2D eigenvalue weighted by molar-refractivity contribution is -0.150. The van der Waals surface area contributed by atoms with Crippen LogP contribution in [0.4, 0.5) is 0 Å². The van der Waals surface area contributed by atoms with E-state index in [0.717, 1.165) is 44.7 Å². The lowest BCUT2D eigenvalue weighted by Gasteiger charge is -2.18. The van der Waals surface area contributed by atoms with Gasteiger partial charge in [-0.2, -0.15) is 0 Å². The van der Waals surface area contributed by atoms with Crippen LogP contribution < -0.4 is 16.6 Å². The van der Waals surface area contributed by atoms with Crippen molar-refractivity contribution >= 4 is 11.9 Å². The first kappa shape index (κ1) is 39.5. The van der Waals surface area contributed by atoms with Gasteiger partial charge < -0.3 is 25.3 Å². The first-order chi connectivity index (χ1) is 20.3. The number of aromatic nitrogens is 2. The van der Waals surface area contributed by atoms with Crippen LogP contribution in [0.15, 0.2) is 15.7 Å². The molecule has 5 N–H and O–H groups in total. The molecule has 0 unspecified atom stereocenters. The fourth-order valence-electron chi connectivity index (χ4n) is 4.65. The molecule has 0 spiro atoms. The molecule has 1 aromatic rings. The van der Waals surface area contributed by atoms with Gasteiger partial charge in [0, 0.05) is 19.0 Å². The van der Waals surface area contributed by atoms with E-state index in [1.54, 1.807) is 0 Å². The van der Waals surface area contributed by atoms with Crippen LogP contribution in [0.3, 0.4) is 0 Å². The molecule has 10 heteroatoms. The second-order valence-electron chi connectivity index (χ2n) is 11.0. The fraction of sp³-hybridized carbons (Fsp3) is 0.812. The number of aromatic amines is 2. The minimum absolute atomic E-state index is 0.0200. The number of rotatable bonds is 26. The fourth-order valence-corrected chi connectivity index (χ4v) is 4.65. The van der Waals surface area contributed by atoms with Crippen LogP contribution in [0, 0.1) is 0 Å². The number of carbonyl (C=O) groups is 2. The molecule has 1 aromatic heterocycles. The number of carboxylic acid groups (broad SMARTS) is 1. The summed E-state index contributed by atoms with van der Waals surface area (Å²) in [6.45, 7) is 6.38. The van der Waals surface area contributed by atoms with Crippen molar-refractivity contribution in [3.8, 4) is 0 Å². The number of hydrogen-bond donors (Lipinski definition) is 5. The Labute approximate surface area is 252 Å². The maximum absolute atomic E-state index is 12.4. The van der Waals surface area contributed by atoms with Crippen LogP contribution in [0.2, 0.25) is 0 Å². The summed E-state index contributed by atoms with van der Waals surface area (Å²) in [5.74, 6) is -1.32. The summed E-state index contributed by atoms with van der Waals surface area (Å²) in [5, 5.41) is 20.2. The van der Waals surface area contributed by atoms with Gasteiger partial charge in [-0.25, -0.2) is 9.59 Å². The third-order valence-electron chi connectivity index (χ3n) is 7.07. The van der Waals surface area contributed by atoms with Crippen LogP contribution in [-0.2, 0) is 9.53 Å². The zero-order chi connectivity index (χ0) is 31.3. The predicted octanol–water partition coefficient (Wildman–Crippen LogP) is 6.08. The molecule has 1 rings (SSSR count). The van der Waals surface area contributed by atoms with Crippen molar-refractivity contribution in [3.63, 3.8) is 0 Å². The zero-order valence-corrected chi connectivity index (χ0v) is 26.4. The Morgan fingerprint density at radius 1 is 0.762 bits per heavy atom. The van der Waals surface area contributed by atoms with Gasteiger partial charge in [0.1, 0.15) is 11.8 Å². The summed E-state index contributed by atoms with van der Waals surface area (Å²) in [6.07, 6.45) is 23.9. The summed E-state index contributed by atoms with van der Waals surface area (Å²) in [4.78, 5) is 47.2. The number of aromatic carboxylic acids is 1. The van der Waals surface area contributed by atoms with E-state index in [4.69, 9.17) is 14.9 Å². The van der Waals surface area contributed by atoms with E-state index < -0.39 is 22.9 Å². The molecule has 0 bridgehead atoms. The van der Waals surface area contributed by atoms with E-state index in [1.165, 1.54) is 89.9 Å². The van der Waals surface area contributed by atoms with E-state index >= 15 is 0 Å². The van der Waals surface area contributed by atoms with Crippen molar-refractivity contribution in [3.05, 3.63) is 32.6 Å². The Kier molecular flexibility index (Phi) is 27.0. The Morgan fingerprint density at radius 3 is 1.81 bits per heavy atom. The van der Waals surface area contributed by atoms with Gasteiger partial charge in [0.15, 0.2) is 0 Å². The standard InChI is InChI=1S/C27H55NO3.C5H4N2O4/c1-3-5-7-9-12-16-20-26(21-17-13-10-8-6-4-2)31-27(30)22-18-14-11-15-19-23-28-24-25-29;8-3-1-2(4(9)10)6-5(11)7-3/h26,28-29H,3-25H2,1-2H3;1H,(H,9,10)(H2,6,7,8,11). The normalized spacial score (nSPS) is 10.9. The number of aliphatic hydroxyl groups is 1. The largest absolute Gasteiger partial charge is 0.477 e. The Bertz CT molecular complexity index is 856. The highest BCUT2D eigenvalue weighted by Gasteiger charge is 2.14. The first-order valence-corrected chi connectivity index (χ1v) is 16.4. The predicted molar refractivity (Wildman–Crippen MR) is 168 cm³/mol. The van der Waals surface area contributed by atoms with Crippen molar-refractivity contribution in [2.45, 2.75) is 148 Å². The lowest BCUT2D eigenvalue weighted by atomic mass is 10.0. The van der Waals surface area contributed by atoms with Gasteiger partial charge >= 0.3 is 17.6 Å². The molecule has 0 aliphatic rings. The minimum Gasteiger partial charge on any atom is -0.477 e. The smallest absolute Gasteiger partial charge is 0.352 e. The Morgan fingerprint density at radius 2 is 1.29 bits per heavy atom. The maximum Gasteiger partial charge on any atom is 0.352 e. The molecule has 0 atom stereocenters. The molecular weight excluding hydrogens is 538 g/mol. The Balaban J connectivity index is 0.00000126. The highest BCUT2D eigenvalue weighted by molar-refractivity contribution is 5.84. The molecule has 0 amide bonds. The SMILES string of the molecule is CCCCCCCCC(CCCCCCCC)OC(=O)CCCCCCCNCCO.O=C(O)c1cc(=O)[nH]c(=O)[nH]1. The van der Waals surface area contributed by atoms with E-state index in [1.807, 2.05) is 9.97 Å². The highest BCUT2D eigenvalue weighted by Crippen LogP contribution is 2.18. The quantitative estimate of drug-likeness (QED) is 0.0634. The highest BCUT2D eigenvalue weighted by atomic mass is 16.5. The molecular formula is C32H59N3O7. The van der Waals surface area contributed by atoms with Gasteiger partial charge in [-0.05, 0) is 45.1 Å². The van der Waals surface area contributed by atoms with Gasteiger partial charge in [0.2, 0.25) is 0 Å². The molecule has 0 radical (unpaired) electrons. The first-order valence-electron chi connectivity index (χ1n) is 16.4. The number of carbonyl (C=O) groups excluding carboxylic acids is 1. The number of ether oxygens (including phenoxy) is 1. The summed E-state index contributed by atoms with van der Waals surface area (Å²) in [7, 11) is 0. The molecule has 1 heterocycles. The third-order valence-corrected chi connectivity index (χ3v) is 7.07. The van der Waals surface area contributed by atoms with Gasteiger partial charge in [0.25, 0.3) is 5.56 Å².